The topological polar surface area (TPSA) is 339 Å². The van der Waals surface area contributed by atoms with Crippen molar-refractivity contribution in [1.29, 1.82) is 0 Å². The largest absolute Gasteiger partial charge is 0.455 e. The summed E-state index contributed by atoms with van der Waals surface area (Å²) in [5, 5.41) is 82.2. The highest BCUT2D eigenvalue weighted by molar-refractivity contribution is 5.87. The number of esters is 4. The molecule has 25 heteroatoms. The maximum atomic E-state index is 14.6. The molecule has 0 saturated carbocycles. The van der Waals surface area contributed by atoms with Crippen molar-refractivity contribution in [2.24, 2.45) is 5.92 Å². The van der Waals surface area contributed by atoms with Gasteiger partial charge in [0.1, 0.15) is 67.1 Å². The molecule has 0 unspecified atom stereocenters. The van der Waals surface area contributed by atoms with Crippen LogP contribution in [0.3, 0.4) is 0 Å². The van der Waals surface area contributed by atoms with E-state index in [4.69, 9.17) is 66.3 Å². The molecule has 6 aliphatic heterocycles. The van der Waals surface area contributed by atoms with Crippen LogP contribution in [-0.2, 0) is 85.5 Å². The number of rotatable bonds is 27. The molecule has 7 rings (SSSR count). The Bertz CT molecular complexity index is 2510. The van der Waals surface area contributed by atoms with E-state index in [0.29, 0.717) is 44.1 Å². The minimum atomic E-state index is -1.94. The lowest BCUT2D eigenvalue weighted by Crippen LogP contribution is -2.68. The van der Waals surface area contributed by atoms with Gasteiger partial charge in [0, 0.05) is 18.9 Å². The standard InChI is InChI=1S/C73H118O25/c1-10-13-15-16-17-18-22-26-33-39-51(75)93-67-66(98-69-57(81)55(79)53(77)43(5)85-69)62(96-70-59(83)63(61(46(8)87-70)94-68(84)42(4)12-3)91-52(76)41-40-48-34-29-27-30-35-48)47(9)89-73(67)95-60-45(7)88-72-65(58(60)82)92-50(74)38-32-25-23-20-19-21-24-31-37-49(36-28-14-11-2)90-71-64(97-72)56(80)54(78)44(6)86-71/h27,29-30,34-35,40-47,49,53-67,69-73,77-83H,10-26,28,31-33,36-39H2,1-9H3/b41-40+/t42-,43-,44+,45-,46-,47-,49-,53-,54-,55+,56-,57+,58+,59+,60-,61-,62-,63-,64+,65+,66+,67+,69-,70-,71-,72-,73-/m0/s1. The molecule has 7 N–H and O–H groups in total. The van der Waals surface area contributed by atoms with E-state index in [1.807, 2.05) is 6.07 Å². The first-order chi connectivity index (χ1) is 47.0. The summed E-state index contributed by atoms with van der Waals surface area (Å²) in [6, 6.07) is 8.91. The highest BCUT2D eigenvalue weighted by Crippen LogP contribution is 2.40. The van der Waals surface area contributed by atoms with Crippen molar-refractivity contribution in [1.82, 2.24) is 0 Å². The molecule has 98 heavy (non-hydrogen) atoms. The molecule has 27 atom stereocenters. The summed E-state index contributed by atoms with van der Waals surface area (Å²) < 4.78 is 89.9. The van der Waals surface area contributed by atoms with Gasteiger partial charge in [-0.25, -0.2) is 4.79 Å². The molecular weight excluding hydrogens is 1280 g/mol. The summed E-state index contributed by atoms with van der Waals surface area (Å²) in [7, 11) is 0. The van der Waals surface area contributed by atoms with Gasteiger partial charge in [-0.1, -0.05) is 174 Å². The van der Waals surface area contributed by atoms with Gasteiger partial charge >= 0.3 is 23.9 Å². The van der Waals surface area contributed by atoms with E-state index in [9.17, 15) is 54.9 Å². The summed E-state index contributed by atoms with van der Waals surface area (Å²) in [4.78, 5) is 55.9. The number of ether oxygens (including phenoxy) is 14. The molecule has 0 bridgehead atoms. The lowest BCUT2D eigenvalue weighted by atomic mass is 9.95. The van der Waals surface area contributed by atoms with E-state index in [2.05, 4.69) is 13.8 Å². The second kappa shape index (κ2) is 41.5. The number of aliphatic hydroxyl groups is 7. The van der Waals surface area contributed by atoms with Crippen LogP contribution in [0.5, 0.6) is 0 Å². The first-order valence-corrected chi connectivity index (χ1v) is 36.9. The van der Waals surface area contributed by atoms with Crippen LogP contribution in [0.4, 0.5) is 0 Å². The Morgan fingerprint density at radius 1 is 0.490 bits per heavy atom. The third-order valence-electron chi connectivity index (χ3n) is 19.9. The van der Waals surface area contributed by atoms with Crippen molar-refractivity contribution >= 4 is 30.0 Å². The van der Waals surface area contributed by atoms with Crippen molar-refractivity contribution in [3.63, 3.8) is 0 Å². The lowest BCUT2D eigenvalue weighted by Gasteiger charge is -2.51. The van der Waals surface area contributed by atoms with Crippen LogP contribution in [0.15, 0.2) is 36.4 Å². The summed E-state index contributed by atoms with van der Waals surface area (Å²) >= 11 is 0. The average Bonchev–Trinajstić information content (AvgIpc) is 0.751. The second-order valence-electron chi connectivity index (χ2n) is 27.8. The zero-order valence-corrected chi connectivity index (χ0v) is 59.3. The van der Waals surface area contributed by atoms with Crippen LogP contribution in [0.1, 0.15) is 228 Å². The number of carbonyl (C=O) groups excluding carboxylic acids is 4. The van der Waals surface area contributed by atoms with Crippen molar-refractivity contribution in [2.75, 3.05) is 0 Å². The average molecular weight is 1400 g/mol. The SMILES string of the molecule is CCCCCCCCCCCC(=O)O[C@H]1[C@H](O[C@@H]2[C@@H](O)[C@H]3OC(=O)CCCCCCCCCC[C@H](CCCCC)O[C@@H]4O[C@H](C)[C@H](O)[C@H](O)[C@H]4O[C@@H]3O[C@H]2C)O[C@@H](C)[C@H](O[C@@H]2O[C@@H](C)[C@H](OC(=O)[C@@H](C)CC)[C@@H](OC(=O)/C=C/c3ccccc3)[C@H]2O)[C@H]1O[C@@H]1O[C@@H](C)[C@H](O)[C@@H](O)[C@H]1O. The molecule has 6 aliphatic rings. The minimum Gasteiger partial charge on any atom is -0.455 e. The molecule has 0 aliphatic carbocycles. The Labute approximate surface area is 579 Å². The van der Waals surface area contributed by atoms with E-state index >= 15 is 0 Å². The molecule has 0 aromatic heterocycles. The Kier molecular flexibility index (Phi) is 34.5. The van der Waals surface area contributed by atoms with Crippen LogP contribution in [0.25, 0.3) is 6.08 Å². The molecule has 6 saturated heterocycles. The van der Waals surface area contributed by atoms with Crippen molar-refractivity contribution < 1.29 is 121 Å². The Morgan fingerprint density at radius 3 is 1.71 bits per heavy atom. The number of fused-ring (bicyclic) bond motifs is 2. The van der Waals surface area contributed by atoms with Crippen LogP contribution in [0.2, 0.25) is 0 Å². The van der Waals surface area contributed by atoms with Gasteiger partial charge < -0.3 is 102 Å². The van der Waals surface area contributed by atoms with Gasteiger partial charge in [0.2, 0.25) is 0 Å². The van der Waals surface area contributed by atoms with Crippen molar-refractivity contribution in [3.8, 4) is 0 Å². The molecule has 6 fully saturated rings. The predicted octanol–water partition coefficient (Wildman–Crippen LogP) is 7.99. The quantitative estimate of drug-likeness (QED) is 0.0190. The zero-order valence-electron chi connectivity index (χ0n) is 59.3. The Morgan fingerprint density at radius 2 is 1.03 bits per heavy atom. The van der Waals surface area contributed by atoms with Crippen LogP contribution in [-0.4, -0.2) is 219 Å². The fraction of sp³-hybridized carbons (Fsp3) is 0.836. The van der Waals surface area contributed by atoms with Crippen molar-refractivity contribution in [2.45, 2.75) is 382 Å². The fourth-order valence-corrected chi connectivity index (χ4v) is 13.5. The lowest BCUT2D eigenvalue weighted by molar-refractivity contribution is -0.399. The zero-order chi connectivity index (χ0) is 71.0. The Balaban J connectivity index is 1.24. The number of benzene rings is 1. The molecule has 1 aromatic carbocycles. The monoisotopic (exact) mass is 1390 g/mol. The highest BCUT2D eigenvalue weighted by Gasteiger charge is 2.59. The Hall–Kier alpha value is -3.84. The molecule has 0 spiro atoms. The molecular formula is C73H118O25. The molecule has 25 nitrogen and oxygen atoms in total. The fourth-order valence-electron chi connectivity index (χ4n) is 13.5. The summed E-state index contributed by atoms with van der Waals surface area (Å²) in [6.45, 7) is 15.4. The van der Waals surface area contributed by atoms with E-state index in [1.54, 1.807) is 52.0 Å². The second-order valence-corrected chi connectivity index (χ2v) is 27.8. The number of carbonyl (C=O) groups is 4. The minimum absolute atomic E-state index is 0.0375. The predicted molar refractivity (Wildman–Crippen MR) is 355 cm³/mol. The molecule has 0 amide bonds. The number of hydrogen-bond acceptors (Lipinski definition) is 25. The van der Waals surface area contributed by atoms with E-state index < -0.39 is 183 Å². The summed E-state index contributed by atoms with van der Waals surface area (Å²) in [5.41, 5.74) is 0.666. The highest BCUT2D eigenvalue weighted by atomic mass is 16.8. The van der Waals surface area contributed by atoms with Crippen molar-refractivity contribution in [3.05, 3.63) is 42.0 Å². The normalized spacial score (nSPS) is 38.4. The van der Waals surface area contributed by atoms with Crippen LogP contribution >= 0.6 is 0 Å². The van der Waals surface area contributed by atoms with Gasteiger partial charge in [-0.2, -0.15) is 0 Å². The summed E-state index contributed by atoms with van der Waals surface area (Å²) in [5.74, 6) is -3.62. The third-order valence-corrected chi connectivity index (χ3v) is 19.9. The van der Waals surface area contributed by atoms with Gasteiger partial charge in [0.05, 0.1) is 42.5 Å². The molecule has 0 radical (unpaired) electrons. The molecule has 560 valence electrons. The van der Waals surface area contributed by atoms with Crippen LogP contribution < -0.4 is 0 Å². The van der Waals surface area contributed by atoms with E-state index in [-0.39, 0.29) is 18.9 Å². The number of unbranched alkanes of at least 4 members (excludes halogenated alkanes) is 10. The van der Waals surface area contributed by atoms with E-state index in [0.717, 1.165) is 115 Å². The smallest absolute Gasteiger partial charge is 0.331 e. The maximum absolute atomic E-state index is 14.6. The van der Waals surface area contributed by atoms with Gasteiger partial charge in [0.25, 0.3) is 0 Å². The molecule has 1 aromatic rings. The number of hydrogen-bond donors (Lipinski definition) is 7. The van der Waals surface area contributed by atoms with Gasteiger partial charge in [-0.05, 0) is 78.4 Å². The third kappa shape index (κ3) is 23.6. The molecule has 6 heterocycles. The summed E-state index contributed by atoms with van der Waals surface area (Å²) in [6.07, 6.45) is -16.5. The van der Waals surface area contributed by atoms with E-state index in [1.165, 1.54) is 26.8 Å². The van der Waals surface area contributed by atoms with Gasteiger partial charge in [0.15, 0.2) is 55.9 Å². The van der Waals surface area contributed by atoms with Gasteiger partial charge in [-0.15, -0.1) is 0 Å². The first-order valence-electron chi connectivity index (χ1n) is 36.9. The first kappa shape index (κ1) is 81.5. The maximum Gasteiger partial charge on any atom is 0.331 e. The van der Waals surface area contributed by atoms with Gasteiger partial charge in [-0.3, -0.25) is 14.4 Å². The number of aliphatic hydroxyl groups excluding tert-OH is 7. The van der Waals surface area contributed by atoms with Crippen LogP contribution in [0, 0.1) is 5.92 Å².